The highest BCUT2D eigenvalue weighted by molar-refractivity contribution is 7.91. The summed E-state index contributed by atoms with van der Waals surface area (Å²) < 4.78 is 60.2. The van der Waals surface area contributed by atoms with Crippen LogP contribution in [0.15, 0.2) is 0 Å². The highest BCUT2D eigenvalue weighted by Crippen LogP contribution is 2.31. The average molecular weight is 372 g/mol. The Morgan fingerprint density at radius 1 is 1.17 bits per heavy atom. The van der Waals surface area contributed by atoms with Crippen LogP contribution in [0.2, 0.25) is 0 Å². The molecule has 132 valence electrons. The smallest absolute Gasteiger partial charge is 0.299 e. The molecular formula is C13H19F3N2O3S2. The molecule has 0 bridgehead atoms. The maximum absolute atomic E-state index is 12.4. The van der Waals surface area contributed by atoms with Gasteiger partial charge in [0.1, 0.15) is 10.8 Å². The number of ketones is 1. The Bertz CT molecular complexity index is 625. The van der Waals surface area contributed by atoms with Crippen LogP contribution < -0.4 is 0 Å². The van der Waals surface area contributed by atoms with Gasteiger partial charge in [0.25, 0.3) is 0 Å². The topological polar surface area (TPSA) is 77.0 Å². The number of hydrogen-bond acceptors (Lipinski definition) is 6. The molecule has 0 fully saturated rings. The molecule has 0 N–H and O–H groups in total. The first-order chi connectivity index (χ1) is 10.5. The molecule has 10 heteroatoms. The summed E-state index contributed by atoms with van der Waals surface area (Å²) in [6, 6.07) is 0. The molecule has 0 aliphatic rings. The van der Waals surface area contributed by atoms with Gasteiger partial charge >= 0.3 is 6.18 Å². The zero-order valence-electron chi connectivity index (χ0n) is 12.9. The summed E-state index contributed by atoms with van der Waals surface area (Å²) in [6.07, 6.45) is -2.94. The minimum atomic E-state index is -4.54. The fraction of sp³-hybridized carbons (Fsp3) is 0.769. The number of alkyl halides is 3. The Morgan fingerprint density at radius 3 is 2.35 bits per heavy atom. The molecule has 1 aromatic rings. The van der Waals surface area contributed by atoms with Crippen molar-refractivity contribution < 1.29 is 26.4 Å². The summed E-state index contributed by atoms with van der Waals surface area (Å²) in [6.45, 7) is 3.24. The Labute approximate surface area is 137 Å². The van der Waals surface area contributed by atoms with Crippen molar-refractivity contribution in [3.8, 4) is 0 Å². The van der Waals surface area contributed by atoms with E-state index in [-0.39, 0.29) is 29.4 Å². The molecule has 0 saturated heterocycles. The summed E-state index contributed by atoms with van der Waals surface area (Å²) in [5.74, 6) is -0.133. The lowest BCUT2D eigenvalue weighted by atomic mass is 10.1. The largest absolute Gasteiger partial charge is 0.445 e. The van der Waals surface area contributed by atoms with Gasteiger partial charge in [-0.05, 0) is 26.7 Å². The molecule has 0 saturated carbocycles. The van der Waals surface area contributed by atoms with Gasteiger partial charge in [0.15, 0.2) is 9.84 Å². The Hall–Kier alpha value is -1.03. The lowest BCUT2D eigenvalue weighted by molar-refractivity contribution is -0.138. The summed E-state index contributed by atoms with van der Waals surface area (Å²) >= 11 is 0.371. The molecule has 0 amide bonds. The van der Waals surface area contributed by atoms with E-state index in [2.05, 4.69) is 10.2 Å². The number of carbonyl (C=O) groups excluding carboxylic acids is 1. The summed E-state index contributed by atoms with van der Waals surface area (Å²) in [5, 5.41) is 4.96. The van der Waals surface area contributed by atoms with Crippen LogP contribution in [-0.2, 0) is 27.2 Å². The zero-order valence-corrected chi connectivity index (χ0v) is 14.5. The normalized spacial score (nSPS) is 12.8. The van der Waals surface area contributed by atoms with Crippen LogP contribution >= 0.6 is 11.3 Å². The molecule has 0 aliphatic carbocycles. The number of carbonyl (C=O) groups is 1. The second-order valence-electron chi connectivity index (χ2n) is 5.44. The monoisotopic (exact) mass is 372 g/mol. The standard InChI is InChI=1S/C13H19F3N2O3S2/c1-9(2)23(20,21)7-5-3-4-6-10(19)8-11-17-18-12(22-11)13(14,15)16/h9H,3-8H2,1-2H3. The van der Waals surface area contributed by atoms with Gasteiger partial charge in [0.2, 0.25) is 5.01 Å². The summed E-state index contributed by atoms with van der Waals surface area (Å²) in [7, 11) is -3.07. The number of aromatic nitrogens is 2. The van der Waals surface area contributed by atoms with E-state index in [1.807, 2.05) is 0 Å². The first-order valence-electron chi connectivity index (χ1n) is 7.15. The predicted octanol–water partition coefficient (Wildman–Crippen LogP) is 3.05. The maximum atomic E-state index is 12.4. The number of Topliss-reactive ketones (excluding diaryl/α,β-unsaturated/α-hetero) is 1. The van der Waals surface area contributed by atoms with Gasteiger partial charge in [-0.25, -0.2) is 8.42 Å². The molecule has 0 unspecified atom stereocenters. The maximum Gasteiger partial charge on any atom is 0.445 e. The summed E-state index contributed by atoms with van der Waals surface area (Å²) in [5.41, 5.74) is 0. The van der Waals surface area contributed by atoms with Crippen LogP contribution in [0, 0.1) is 0 Å². The van der Waals surface area contributed by atoms with E-state index >= 15 is 0 Å². The van der Waals surface area contributed by atoms with Gasteiger partial charge < -0.3 is 0 Å². The van der Waals surface area contributed by atoms with Gasteiger partial charge in [-0.15, -0.1) is 10.2 Å². The predicted molar refractivity (Wildman–Crippen MR) is 81.0 cm³/mol. The van der Waals surface area contributed by atoms with Crippen LogP contribution in [0.1, 0.15) is 49.5 Å². The Balaban J connectivity index is 2.29. The van der Waals surface area contributed by atoms with Crippen molar-refractivity contribution in [1.82, 2.24) is 10.2 Å². The molecule has 0 radical (unpaired) electrons. The Kier molecular flexibility index (Phi) is 7.12. The zero-order chi connectivity index (χ0) is 17.7. The molecule has 23 heavy (non-hydrogen) atoms. The average Bonchev–Trinajstić information content (AvgIpc) is 2.86. The third-order valence-electron chi connectivity index (χ3n) is 3.16. The van der Waals surface area contributed by atoms with E-state index in [0.717, 1.165) is 0 Å². The van der Waals surface area contributed by atoms with Crippen molar-refractivity contribution in [3.63, 3.8) is 0 Å². The van der Waals surface area contributed by atoms with Gasteiger partial charge in [-0.2, -0.15) is 13.2 Å². The molecule has 0 spiro atoms. The molecule has 1 aromatic heterocycles. The van der Waals surface area contributed by atoms with Crippen molar-refractivity contribution in [3.05, 3.63) is 10.0 Å². The van der Waals surface area contributed by atoms with Crippen molar-refractivity contribution >= 4 is 27.0 Å². The van der Waals surface area contributed by atoms with E-state index in [4.69, 9.17) is 0 Å². The van der Waals surface area contributed by atoms with E-state index < -0.39 is 26.3 Å². The second-order valence-corrected chi connectivity index (χ2v) is 9.18. The number of halogens is 3. The minimum absolute atomic E-state index is 0.0460. The van der Waals surface area contributed by atoms with Gasteiger partial charge in [0.05, 0.1) is 17.4 Å². The molecule has 0 atom stereocenters. The first-order valence-corrected chi connectivity index (χ1v) is 9.68. The molecule has 0 aromatic carbocycles. The van der Waals surface area contributed by atoms with Crippen molar-refractivity contribution in [2.24, 2.45) is 0 Å². The Morgan fingerprint density at radius 2 is 1.83 bits per heavy atom. The third kappa shape index (κ3) is 6.94. The fourth-order valence-electron chi connectivity index (χ4n) is 1.73. The van der Waals surface area contributed by atoms with Crippen molar-refractivity contribution in [1.29, 1.82) is 0 Å². The van der Waals surface area contributed by atoms with E-state index in [1.165, 1.54) is 0 Å². The SMILES string of the molecule is CC(C)S(=O)(=O)CCCCCC(=O)Cc1nnc(C(F)(F)F)s1. The molecule has 0 aliphatic heterocycles. The fourth-order valence-corrected chi connectivity index (χ4v) is 3.55. The van der Waals surface area contributed by atoms with E-state index in [0.29, 0.717) is 30.6 Å². The van der Waals surface area contributed by atoms with Crippen molar-refractivity contribution in [2.45, 2.75) is 57.4 Å². The van der Waals surface area contributed by atoms with Crippen LogP contribution in [-0.4, -0.2) is 35.4 Å². The lowest BCUT2D eigenvalue weighted by Crippen LogP contribution is -2.17. The third-order valence-corrected chi connectivity index (χ3v) is 6.42. The van der Waals surface area contributed by atoms with Crippen LogP contribution in [0.3, 0.4) is 0 Å². The molecule has 5 nitrogen and oxygen atoms in total. The highest BCUT2D eigenvalue weighted by atomic mass is 32.2. The highest BCUT2D eigenvalue weighted by Gasteiger charge is 2.35. The lowest BCUT2D eigenvalue weighted by Gasteiger charge is -2.06. The van der Waals surface area contributed by atoms with Crippen LogP contribution in [0.4, 0.5) is 13.2 Å². The molecular weight excluding hydrogens is 353 g/mol. The molecule has 1 heterocycles. The molecule has 1 rings (SSSR count). The summed E-state index contributed by atoms with van der Waals surface area (Å²) in [4.78, 5) is 11.7. The first kappa shape index (κ1) is 20.0. The number of unbranched alkanes of at least 4 members (excludes halogenated alkanes) is 2. The number of hydrogen-bond donors (Lipinski definition) is 0. The number of nitrogens with zero attached hydrogens (tertiary/aromatic N) is 2. The minimum Gasteiger partial charge on any atom is -0.299 e. The van der Waals surface area contributed by atoms with Gasteiger partial charge in [0, 0.05) is 6.42 Å². The van der Waals surface area contributed by atoms with Crippen LogP contribution in [0.25, 0.3) is 0 Å². The number of sulfone groups is 1. The van der Waals surface area contributed by atoms with Gasteiger partial charge in [-0.3, -0.25) is 4.79 Å². The van der Waals surface area contributed by atoms with Crippen molar-refractivity contribution in [2.75, 3.05) is 5.75 Å². The van der Waals surface area contributed by atoms with E-state index in [9.17, 15) is 26.4 Å². The van der Waals surface area contributed by atoms with Gasteiger partial charge in [-0.1, -0.05) is 17.8 Å². The number of rotatable bonds is 9. The second kappa shape index (κ2) is 8.18. The van der Waals surface area contributed by atoms with E-state index in [1.54, 1.807) is 13.8 Å². The quantitative estimate of drug-likeness (QED) is 0.623. The van der Waals surface area contributed by atoms with Crippen LogP contribution in [0.5, 0.6) is 0 Å².